The summed E-state index contributed by atoms with van der Waals surface area (Å²) < 4.78 is 6.38. The van der Waals surface area contributed by atoms with E-state index in [0.717, 1.165) is 54.9 Å². The van der Waals surface area contributed by atoms with Crippen LogP contribution in [0.15, 0.2) is 60.7 Å². The third-order valence-corrected chi connectivity index (χ3v) is 7.16. The monoisotopic (exact) mass is 508 g/mol. The van der Waals surface area contributed by atoms with Gasteiger partial charge in [-0.2, -0.15) is 0 Å². The molecule has 2 heterocycles. The van der Waals surface area contributed by atoms with E-state index in [9.17, 15) is 14.4 Å². The number of hydrogen-bond donors (Lipinski definition) is 3. The molecule has 2 aromatic carbocycles. The summed E-state index contributed by atoms with van der Waals surface area (Å²) in [7, 11) is 0. The van der Waals surface area contributed by atoms with Gasteiger partial charge >= 0.3 is 0 Å². The maximum absolute atomic E-state index is 12.9. The molecule has 0 spiro atoms. The van der Waals surface area contributed by atoms with Crippen LogP contribution in [0.1, 0.15) is 21.7 Å². The molecule has 1 atom stereocenters. The number of ether oxygens (including phenoxy) is 1. The van der Waals surface area contributed by atoms with Crippen molar-refractivity contribution < 1.29 is 19.1 Å². The van der Waals surface area contributed by atoms with E-state index in [1.54, 1.807) is 0 Å². The molecule has 3 amide bonds. The van der Waals surface area contributed by atoms with Crippen LogP contribution in [0, 0.1) is 0 Å². The van der Waals surface area contributed by atoms with Gasteiger partial charge < -0.3 is 20.7 Å². The van der Waals surface area contributed by atoms with Gasteiger partial charge in [-0.15, -0.1) is 11.3 Å². The van der Waals surface area contributed by atoms with Gasteiger partial charge in [0.2, 0.25) is 11.8 Å². The number of nitrogens with one attached hydrogen (secondary N) is 3. The van der Waals surface area contributed by atoms with Gasteiger partial charge in [0.25, 0.3) is 5.91 Å². The van der Waals surface area contributed by atoms with Crippen molar-refractivity contribution >= 4 is 39.1 Å². The summed E-state index contributed by atoms with van der Waals surface area (Å²) in [6.45, 7) is 4.53. The van der Waals surface area contributed by atoms with Crippen LogP contribution in [0.3, 0.4) is 0 Å². The van der Waals surface area contributed by atoms with Crippen LogP contribution in [0.25, 0.3) is 10.1 Å². The zero-order chi connectivity index (χ0) is 25.2. The maximum Gasteiger partial charge on any atom is 0.261 e. The Morgan fingerprint density at radius 1 is 0.972 bits per heavy atom. The van der Waals surface area contributed by atoms with Crippen molar-refractivity contribution in [1.29, 1.82) is 0 Å². The molecule has 3 aromatic rings. The molecule has 8 nitrogen and oxygen atoms in total. The normalized spacial score (nSPS) is 14.8. The zero-order valence-electron chi connectivity index (χ0n) is 20.2. The van der Waals surface area contributed by atoms with Crippen LogP contribution in [-0.4, -0.2) is 74.6 Å². The fourth-order valence-electron chi connectivity index (χ4n) is 4.11. The minimum atomic E-state index is -0.732. The Labute approximate surface area is 215 Å². The molecule has 4 rings (SSSR count). The van der Waals surface area contributed by atoms with Crippen LogP contribution in [0.4, 0.5) is 0 Å². The number of thiophene rings is 1. The first-order valence-corrected chi connectivity index (χ1v) is 13.1. The molecule has 36 heavy (non-hydrogen) atoms. The maximum atomic E-state index is 12.9. The van der Waals surface area contributed by atoms with E-state index in [0.29, 0.717) is 17.8 Å². The Morgan fingerprint density at radius 2 is 1.72 bits per heavy atom. The number of hydrogen-bond acceptors (Lipinski definition) is 6. The molecule has 1 saturated heterocycles. The average Bonchev–Trinajstić information content (AvgIpc) is 3.35. The standard InChI is InChI=1S/C27H32N4O4S/c32-25(19-29-27(34)24-18-21-9-4-5-10-23(21)36-24)30-22(17-20-7-2-1-3-8-20)26(33)28-11-6-12-31-13-15-35-16-14-31/h1-5,7-10,18,22H,6,11-17,19H2,(H,28,33)(H,29,34)(H,30,32)/t22-/m1/s1. The molecule has 190 valence electrons. The van der Waals surface area contributed by atoms with Gasteiger partial charge in [0.1, 0.15) is 6.04 Å². The number of fused-ring (bicyclic) bond motifs is 1. The van der Waals surface area contributed by atoms with Crippen molar-refractivity contribution in [3.63, 3.8) is 0 Å². The van der Waals surface area contributed by atoms with Crippen LogP contribution in [0.5, 0.6) is 0 Å². The summed E-state index contributed by atoms with van der Waals surface area (Å²) in [5.41, 5.74) is 0.945. The predicted octanol–water partition coefficient (Wildman–Crippen LogP) is 2.20. The molecular weight excluding hydrogens is 476 g/mol. The number of amides is 3. The molecule has 0 bridgehead atoms. The quantitative estimate of drug-likeness (QED) is 0.345. The van der Waals surface area contributed by atoms with E-state index in [-0.39, 0.29) is 18.4 Å². The van der Waals surface area contributed by atoms with E-state index in [1.807, 2.05) is 60.7 Å². The minimum Gasteiger partial charge on any atom is -0.379 e. The van der Waals surface area contributed by atoms with Gasteiger partial charge in [-0.3, -0.25) is 19.3 Å². The number of nitrogens with zero attached hydrogens (tertiary/aromatic N) is 1. The van der Waals surface area contributed by atoms with Gasteiger partial charge in [-0.25, -0.2) is 0 Å². The first-order chi connectivity index (χ1) is 17.6. The van der Waals surface area contributed by atoms with Gasteiger partial charge in [0.05, 0.1) is 24.6 Å². The highest BCUT2D eigenvalue weighted by atomic mass is 32.1. The Bertz CT molecular complexity index is 1130. The van der Waals surface area contributed by atoms with Crippen LogP contribution in [-0.2, 0) is 20.7 Å². The van der Waals surface area contributed by atoms with E-state index >= 15 is 0 Å². The number of carbonyl (C=O) groups excluding carboxylic acids is 3. The first-order valence-electron chi connectivity index (χ1n) is 12.3. The molecule has 1 aliphatic heterocycles. The third-order valence-electron chi connectivity index (χ3n) is 6.05. The van der Waals surface area contributed by atoms with E-state index < -0.39 is 11.9 Å². The highest BCUT2D eigenvalue weighted by molar-refractivity contribution is 7.20. The van der Waals surface area contributed by atoms with Crippen molar-refractivity contribution in [2.45, 2.75) is 18.9 Å². The van der Waals surface area contributed by atoms with Crippen molar-refractivity contribution in [2.24, 2.45) is 0 Å². The molecule has 0 unspecified atom stereocenters. The second kappa shape index (κ2) is 13.2. The fourth-order valence-corrected chi connectivity index (χ4v) is 5.09. The number of rotatable bonds is 11. The molecule has 1 aliphatic rings. The smallest absolute Gasteiger partial charge is 0.261 e. The molecular formula is C27H32N4O4S. The lowest BCUT2D eigenvalue weighted by Crippen LogP contribution is -2.50. The summed E-state index contributed by atoms with van der Waals surface area (Å²) in [5, 5.41) is 9.42. The van der Waals surface area contributed by atoms with Crippen LogP contribution >= 0.6 is 11.3 Å². The summed E-state index contributed by atoms with van der Waals surface area (Å²) >= 11 is 1.38. The van der Waals surface area contributed by atoms with Gasteiger partial charge in [0.15, 0.2) is 0 Å². The number of morpholine rings is 1. The minimum absolute atomic E-state index is 0.206. The first kappa shape index (κ1) is 25.8. The molecule has 3 N–H and O–H groups in total. The number of carbonyl (C=O) groups is 3. The molecule has 9 heteroatoms. The lowest BCUT2D eigenvalue weighted by Gasteiger charge is -2.26. The Kier molecular flexibility index (Phi) is 9.43. The molecule has 0 saturated carbocycles. The van der Waals surface area contributed by atoms with Crippen molar-refractivity contribution in [3.05, 3.63) is 71.1 Å². The molecule has 1 fully saturated rings. The fraction of sp³-hybridized carbons (Fsp3) is 0.370. The van der Waals surface area contributed by atoms with Crippen molar-refractivity contribution in [2.75, 3.05) is 45.9 Å². The second-order valence-corrected chi connectivity index (χ2v) is 9.82. The molecule has 0 radical (unpaired) electrons. The van der Waals surface area contributed by atoms with Gasteiger partial charge in [-0.05, 0) is 36.0 Å². The van der Waals surface area contributed by atoms with Crippen molar-refractivity contribution in [1.82, 2.24) is 20.9 Å². The Hall–Kier alpha value is -3.27. The lowest BCUT2D eigenvalue weighted by molar-refractivity contribution is -0.128. The SMILES string of the molecule is O=C(CNC(=O)c1cc2ccccc2s1)N[C@H](Cc1ccccc1)C(=O)NCCCN1CCOCC1. The van der Waals surface area contributed by atoms with E-state index in [1.165, 1.54) is 11.3 Å². The topological polar surface area (TPSA) is 99.8 Å². The van der Waals surface area contributed by atoms with Gasteiger partial charge in [0, 0.05) is 30.8 Å². The second-order valence-electron chi connectivity index (χ2n) is 8.74. The van der Waals surface area contributed by atoms with Crippen molar-refractivity contribution in [3.8, 4) is 0 Å². The third kappa shape index (κ3) is 7.61. The lowest BCUT2D eigenvalue weighted by atomic mass is 10.1. The highest BCUT2D eigenvalue weighted by Gasteiger charge is 2.22. The molecule has 1 aromatic heterocycles. The molecule has 0 aliphatic carbocycles. The predicted molar refractivity (Wildman–Crippen MR) is 141 cm³/mol. The summed E-state index contributed by atoms with van der Waals surface area (Å²) in [5.74, 6) is -0.947. The number of benzene rings is 2. The van der Waals surface area contributed by atoms with Gasteiger partial charge in [-0.1, -0.05) is 48.5 Å². The highest BCUT2D eigenvalue weighted by Crippen LogP contribution is 2.24. The van der Waals surface area contributed by atoms with E-state index in [4.69, 9.17) is 4.74 Å². The average molecular weight is 509 g/mol. The van der Waals surface area contributed by atoms with Crippen LogP contribution in [0.2, 0.25) is 0 Å². The summed E-state index contributed by atoms with van der Waals surface area (Å²) in [6.07, 6.45) is 1.19. The van der Waals surface area contributed by atoms with E-state index in [2.05, 4.69) is 20.9 Å². The Balaban J connectivity index is 1.28. The zero-order valence-corrected chi connectivity index (χ0v) is 21.0. The summed E-state index contributed by atoms with van der Waals surface area (Å²) in [4.78, 5) is 41.0. The van der Waals surface area contributed by atoms with Crippen LogP contribution < -0.4 is 16.0 Å². The summed E-state index contributed by atoms with van der Waals surface area (Å²) in [6, 6.07) is 18.4. The Morgan fingerprint density at radius 3 is 2.50 bits per heavy atom. The largest absolute Gasteiger partial charge is 0.379 e.